The van der Waals surface area contributed by atoms with Gasteiger partial charge in [-0.25, -0.2) is 5.48 Å². The van der Waals surface area contributed by atoms with Gasteiger partial charge in [0.2, 0.25) is 5.91 Å². The highest BCUT2D eigenvalue weighted by molar-refractivity contribution is 5.95. The first-order valence-electron chi connectivity index (χ1n) is 10.7. The lowest BCUT2D eigenvalue weighted by atomic mass is 9.95. The average Bonchev–Trinajstić information content (AvgIpc) is 3.24. The molecule has 2 amide bonds. The highest BCUT2D eigenvalue weighted by Gasteiger charge is 2.34. The van der Waals surface area contributed by atoms with Crippen molar-refractivity contribution >= 4 is 22.7 Å². The van der Waals surface area contributed by atoms with Gasteiger partial charge in [0, 0.05) is 22.7 Å². The van der Waals surface area contributed by atoms with Crippen molar-refractivity contribution in [2.24, 2.45) is 5.92 Å². The quantitative estimate of drug-likeness (QED) is 0.434. The zero-order chi connectivity index (χ0) is 22.0. The number of hydrogen-bond acceptors (Lipinski definition) is 4. The molecule has 0 spiro atoms. The molecule has 3 aromatic rings. The minimum Gasteiger partial charge on any atom is -0.349 e. The SMILES string of the molecule is Cc1nc2ccccc2c(Cc2ccc(C(=O)N[C@@H]3CCC[C@@H]3C(=O)NO)cc2)c1C. The number of nitrogens with one attached hydrogen (secondary N) is 2. The molecule has 1 fully saturated rings. The average molecular weight is 418 g/mol. The van der Waals surface area contributed by atoms with Gasteiger partial charge in [-0.1, -0.05) is 36.8 Å². The number of aromatic nitrogens is 1. The van der Waals surface area contributed by atoms with Crippen LogP contribution in [0.15, 0.2) is 48.5 Å². The van der Waals surface area contributed by atoms with Crippen molar-refractivity contribution in [1.82, 2.24) is 15.8 Å². The van der Waals surface area contributed by atoms with Crippen LogP contribution in [-0.2, 0) is 11.2 Å². The number of benzene rings is 2. The van der Waals surface area contributed by atoms with Gasteiger partial charge in [-0.15, -0.1) is 0 Å². The van der Waals surface area contributed by atoms with E-state index in [1.807, 2.05) is 49.4 Å². The molecule has 1 aliphatic carbocycles. The van der Waals surface area contributed by atoms with Gasteiger partial charge in [-0.3, -0.25) is 19.8 Å². The third kappa shape index (κ3) is 4.30. The highest BCUT2D eigenvalue weighted by Crippen LogP contribution is 2.27. The molecular formula is C25H27N3O3. The molecule has 0 saturated heterocycles. The number of hydrogen-bond donors (Lipinski definition) is 3. The van der Waals surface area contributed by atoms with Crippen molar-refractivity contribution in [1.29, 1.82) is 0 Å². The van der Waals surface area contributed by atoms with Crippen LogP contribution in [-0.4, -0.2) is 28.0 Å². The van der Waals surface area contributed by atoms with E-state index in [-0.39, 0.29) is 17.9 Å². The molecule has 3 N–H and O–H groups in total. The topological polar surface area (TPSA) is 91.3 Å². The van der Waals surface area contributed by atoms with E-state index >= 15 is 0 Å². The Hall–Kier alpha value is -3.25. The summed E-state index contributed by atoms with van der Waals surface area (Å²) >= 11 is 0. The largest absolute Gasteiger partial charge is 0.349 e. The van der Waals surface area contributed by atoms with Gasteiger partial charge in [-0.05, 0) is 68.0 Å². The lowest BCUT2D eigenvalue weighted by Gasteiger charge is -2.19. The standard InChI is InChI=1S/C25H27N3O3/c1-15-16(2)26-22-8-4-3-6-19(22)21(15)14-17-10-12-18(13-11-17)24(29)27-23-9-5-7-20(23)25(30)28-31/h3-4,6,8,10-13,20,23,31H,5,7,9,14H2,1-2H3,(H,27,29)(H,28,30)/t20-,23+/m0/s1. The fourth-order valence-electron chi connectivity index (χ4n) is 4.50. The smallest absolute Gasteiger partial charge is 0.251 e. The number of para-hydroxylation sites is 1. The lowest BCUT2D eigenvalue weighted by molar-refractivity contribution is -0.133. The molecule has 6 heteroatoms. The molecule has 1 aliphatic rings. The van der Waals surface area contributed by atoms with Crippen LogP contribution in [0, 0.1) is 19.8 Å². The highest BCUT2D eigenvalue weighted by atomic mass is 16.5. The molecule has 2 atom stereocenters. The second kappa shape index (κ2) is 8.86. The summed E-state index contributed by atoms with van der Waals surface area (Å²) in [6.45, 7) is 4.14. The van der Waals surface area contributed by atoms with E-state index in [0.29, 0.717) is 12.0 Å². The summed E-state index contributed by atoms with van der Waals surface area (Å²) < 4.78 is 0. The predicted octanol–water partition coefficient (Wildman–Crippen LogP) is 3.85. The first-order valence-corrected chi connectivity index (χ1v) is 10.7. The first kappa shape index (κ1) is 21.0. The monoisotopic (exact) mass is 417 g/mol. The number of hydroxylamine groups is 1. The number of carbonyl (C=O) groups is 2. The van der Waals surface area contributed by atoms with Gasteiger partial charge in [0.1, 0.15) is 0 Å². The molecule has 1 saturated carbocycles. The van der Waals surface area contributed by atoms with Crippen molar-refractivity contribution in [3.8, 4) is 0 Å². The van der Waals surface area contributed by atoms with Crippen LogP contribution in [0.4, 0.5) is 0 Å². The van der Waals surface area contributed by atoms with Gasteiger partial charge in [0.25, 0.3) is 5.91 Å². The predicted molar refractivity (Wildman–Crippen MR) is 119 cm³/mol. The van der Waals surface area contributed by atoms with Crippen LogP contribution in [0.1, 0.15) is 52.0 Å². The molecular weight excluding hydrogens is 390 g/mol. The number of rotatable bonds is 5. The maximum atomic E-state index is 12.7. The van der Waals surface area contributed by atoms with Crippen LogP contribution >= 0.6 is 0 Å². The third-order valence-electron chi connectivity index (χ3n) is 6.39. The number of amides is 2. The fraction of sp³-hybridized carbons (Fsp3) is 0.320. The Morgan fingerprint density at radius 2 is 1.81 bits per heavy atom. The molecule has 1 heterocycles. The van der Waals surface area contributed by atoms with E-state index < -0.39 is 5.91 Å². The molecule has 31 heavy (non-hydrogen) atoms. The van der Waals surface area contributed by atoms with Crippen molar-refractivity contribution in [2.75, 3.05) is 0 Å². The minimum atomic E-state index is -0.437. The van der Waals surface area contributed by atoms with E-state index in [9.17, 15) is 9.59 Å². The molecule has 0 unspecified atom stereocenters. The van der Waals surface area contributed by atoms with E-state index in [0.717, 1.165) is 41.4 Å². The van der Waals surface area contributed by atoms with Gasteiger partial charge >= 0.3 is 0 Å². The van der Waals surface area contributed by atoms with Crippen molar-refractivity contribution < 1.29 is 14.8 Å². The fourth-order valence-corrected chi connectivity index (χ4v) is 4.50. The molecule has 0 bridgehead atoms. The number of pyridine rings is 1. The Morgan fingerprint density at radius 3 is 2.55 bits per heavy atom. The van der Waals surface area contributed by atoms with E-state index in [1.54, 1.807) is 5.48 Å². The van der Waals surface area contributed by atoms with Gasteiger partial charge in [0.05, 0.1) is 11.4 Å². The zero-order valence-corrected chi connectivity index (χ0v) is 17.8. The van der Waals surface area contributed by atoms with Gasteiger partial charge < -0.3 is 5.32 Å². The summed E-state index contributed by atoms with van der Waals surface area (Å²) in [5, 5.41) is 13.0. The first-order chi connectivity index (χ1) is 15.0. The van der Waals surface area contributed by atoms with Crippen LogP contribution < -0.4 is 10.8 Å². The third-order valence-corrected chi connectivity index (χ3v) is 6.39. The van der Waals surface area contributed by atoms with Crippen molar-refractivity contribution in [3.63, 3.8) is 0 Å². The lowest BCUT2D eigenvalue weighted by Crippen LogP contribution is -2.43. The van der Waals surface area contributed by atoms with Gasteiger partial charge in [-0.2, -0.15) is 0 Å². The summed E-state index contributed by atoms with van der Waals surface area (Å²) in [5.41, 5.74) is 7.86. The van der Waals surface area contributed by atoms with E-state index in [2.05, 4.69) is 18.3 Å². The van der Waals surface area contributed by atoms with Crippen molar-refractivity contribution in [2.45, 2.75) is 45.6 Å². The number of carbonyl (C=O) groups excluding carboxylic acids is 2. The molecule has 0 radical (unpaired) electrons. The van der Waals surface area contributed by atoms with Crippen molar-refractivity contribution in [3.05, 3.63) is 76.5 Å². The van der Waals surface area contributed by atoms with E-state index in [1.165, 1.54) is 11.1 Å². The molecule has 6 nitrogen and oxygen atoms in total. The molecule has 4 rings (SSSR count). The zero-order valence-electron chi connectivity index (χ0n) is 17.8. The Balaban J connectivity index is 1.50. The Labute approximate surface area is 181 Å². The number of fused-ring (bicyclic) bond motifs is 1. The normalized spacial score (nSPS) is 18.2. The summed E-state index contributed by atoms with van der Waals surface area (Å²) in [4.78, 5) is 29.2. The second-order valence-electron chi connectivity index (χ2n) is 8.29. The summed E-state index contributed by atoms with van der Waals surface area (Å²) in [5.74, 6) is -1.02. The van der Waals surface area contributed by atoms with E-state index in [4.69, 9.17) is 10.2 Å². The number of aryl methyl sites for hydroxylation is 1. The molecule has 160 valence electrons. The Morgan fingerprint density at radius 1 is 1.06 bits per heavy atom. The molecule has 2 aromatic carbocycles. The molecule has 1 aromatic heterocycles. The van der Waals surface area contributed by atoms with Crippen LogP contribution in [0.5, 0.6) is 0 Å². The second-order valence-corrected chi connectivity index (χ2v) is 8.29. The Kier molecular flexibility index (Phi) is 6.00. The molecule has 0 aliphatic heterocycles. The maximum absolute atomic E-state index is 12.7. The number of nitrogens with zero attached hydrogens (tertiary/aromatic N) is 1. The Bertz CT molecular complexity index is 1120. The maximum Gasteiger partial charge on any atom is 0.251 e. The van der Waals surface area contributed by atoms with Crippen LogP contribution in [0.25, 0.3) is 10.9 Å². The summed E-state index contributed by atoms with van der Waals surface area (Å²) in [7, 11) is 0. The summed E-state index contributed by atoms with van der Waals surface area (Å²) in [6.07, 6.45) is 3.00. The summed E-state index contributed by atoms with van der Waals surface area (Å²) in [6, 6.07) is 15.5. The minimum absolute atomic E-state index is 0.199. The van der Waals surface area contributed by atoms with Crippen LogP contribution in [0.2, 0.25) is 0 Å². The van der Waals surface area contributed by atoms with Gasteiger partial charge in [0.15, 0.2) is 0 Å². The van der Waals surface area contributed by atoms with Crippen LogP contribution in [0.3, 0.4) is 0 Å².